The molecule has 1 atom stereocenters. The molecule has 3 rings (SSSR count). The first-order valence-electron chi connectivity index (χ1n) is 7.62. The minimum Gasteiger partial charge on any atom is -0.465 e. The van der Waals surface area contributed by atoms with Crippen LogP contribution in [-0.4, -0.2) is 32.9 Å². The van der Waals surface area contributed by atoms with E-state index in [1.807, 2.05) is 16.0 Å². The Labute approximate surface area is 147 Å². The number of esters is 1. The number of carbonyl (C=O) groups is 1. The largest absolute Gasteiger partial charge is 0.465 e. The molecule has 0 saturated heterocycles. The summed E-state index contributed by atoms with van der Waals surface area (Å²) in [6, 6.07) is 5.41. The number of hydrogen-bond donors (Lipinski definition) is 1. The first kappa shape index (κ1) is 17.1. The number of hydrogen-bond acceptors (Lipinski definition) is 7. The van der Waals surface area contributed by atoms with Crippen molar-refractivity contribution in [1.82, 2.24) is 9.38 Å². The summed E-state index contributed by atoms with van der Waals surface area (Å²) in [6.07, 6.45) is 2.05. The van der Waals surface area contributed by atoms with Crippen LogP contribution in [0.25, 0.3) is 16.2 Å². The molecule has 2 N–H and O–H groups in total. The number of fused-ring (bicyclic) bond motifs is 1. The molecule has 0 amide bonds. The van der Waals surface area contributed by atoms with Crippen molar-refractivity contribution < 1.29 is 14.5 Å². The molecule has 0 saturated carbocycles. The Kier molecular flexibility index (Phi) is 4.77. The summed E-state index contributed by atoms with van der Waals surface area (Å²) in [5.41, 5.74) is 7.85. The van der Waals surface area contributed by atoms with Gasteiger partial charge in [0.1, 0.15) is 6.04 Å². The van der Waals surface area contributed by atoms with Crippen molar-refractivity contribution in [2.24, 2.45) is 5.73 Å². The number of ether oxygens (including phenoxy) is 1. The van der Waals surface area contributed by atoms with Crippen molar-refractivity contribution in [3.05, 3.63) is 51.7 Å². The first-order chi connectivity index (χ1) is 12.0. The van der Waals surface area contributed by atoms with Crippen molar-refractivity contribution in [2.75, 3.05) is 6.61 Å². The normalized spacial score (nSPS) is 12.2. The molecule has 9 heteroatoms. The fourth-order valence-corrected chi connectivity index (χ4v) is 3.30. The Hall–Kier alpha value is -2.78. The molecule has 8 nitrogen and oxygen atoms in total. The summed E-state index contributed by atoms with van der Waals surface area (Å²) in [4.78, 5) is 27.7. The molecule has 130 valence electrons. The van der Waals surface area contributed by atoms with Gasteiger partial charge in [-0.15, -0.1) is 11.3 Å². The van der Waals surface area contributed by atoms with Gasteiger partial charge < -0.3 is 10.5 Å². The summed E-state index contributed by atoms with van der Waals surface area (Å²) in [5.74, 6) is -0.488. The predicted octanol–water partition coefficient (Wildman–Crippen LogP) is 2.40. The van der Waals surface area contributed by atoms with Crippen LogP contribution in [0.15, 0.2) is 35.8 Å². The third kappa shape index (κ3) is 3.37. The van der Waals surface area contributed by atoms with Gasteiger partial charge in [0.2, 0.25) is 0 Å². The van der Waals surface area contributed by atoms with Gasteiger partial charge in [-0.2, -0.15) is 0 Å². The smallest absolute Gasteiger partial charge is 0.323 e. The van der Waals surface area contributed by atoms with Gasteiger partial charge in [-0.25, -0.2) is 4.98 Å². The fraction of sp³-hybridized carbons (Fsp3) is 0.250. The van der Waals surface area contributed by atoms with Crippen molar-refractivity contribution in [3.63, 3.8) is 0 Å². The van der Waals surface area contributed by atoms with E-state index in [-0.39, 0.29) is 18.7 Å². The lowest BCUT2D eigenvalue weighted by molar-refractivity contribution is -0.384. The Morgan fingerprint density at radius 2 is 2.32 bits per heavy atom. The van der Waals surface area contributed by atoms with Gasteiger partial charge in [-0.3, -0.25) is 19.3 Å². The van der Waals surface area contributed by atoms with E-state index in [1.54, 1.807) is 19.1 Å². The fourth-order valence-electron chi connectivity index (χ4n) is 2.57. The number of thiazole rings is 1. The molecule has 0 radical (unpaired) electrons. The molecule has 2 heterocycles. The van der Waals surface area contributed by atoms with Crippen LogP contribution in [0, 0.1) is 10.1 Å². The van der Waals surface area contributed by atoms with Crippen LogP contribution in [0.1, 0.15) is 12.6 Å². The average Bonchev–Trinajstić information content (AvgIpc) is 3.17. The number of rotatable bonds is 6. The zero-order valence-corrected chi connectivity index (χ0v) is 14.2. The van der Waals surface area contributed by atoms with Gasteiger partial charge in [0, 0.05) is 35.7 Å². The second kappa shape index (κ2) is 6.99. The molecular formula is C16H16N4O4S. The van der Waals surface area contributed by atoms with Crippen LogP contribution in [0.4, 0.5) is 5.69 Å². The SMILES string of the molecule is CCOC(=O)C(N)Cc1c(-c2cccc([N+](=O)[O-])c2)nc2sccn12. The number of imidazole rings is 1. The van der Waals surface area contributed by atoms with Gasteiger partial charge in [-0.05, 0) is 6.92 Å². The number of nitro benzene ring substituents is 1. The molecule has 0 aliphatic rings. The summed E-state index contributed by atoms with van der Waals surface area (Å²) < 4.78 is 6.81. The average molecular weight is 360 g/mol. The Bertz CT molecular complexity index is 933. The van der Waals surface area contributed by atoms with Crippen LogP contribution >= 0.6 is 11.3 Å². The van der Waals surface area contributed by atoms with E-state index in [0.717, 1.165) is 10.7 Å². The van der Waals surface area contributed by atoms with E-state index in [1.165, 1.54) is 23.5 Å². The third-order valence-electron chi connectivity index (χ3n) is 3.69. The van der Waals surface area contributed by atoms with E-state index >= 15 is 0 Å². The second-order valence-electron chi connectivity index (χ2n) is 5.33. The minimum absolute atomic E-state index is 0.0190. The lowest BCUT2D eigenvalue weighted by atomic mass is 10.0. The van der Waals surface area contributed by atoms with Crippen LogP contribution in [-0.2, 0) is 16.0 Å². The molecule has 1 unspecified atom stereocenters. The Balaban J connectivity index is 2.04. The highest BCUT2D eigenvalue weighted by atomic mass is 32.1. The topological polar surface area (TPSA) is 113 Å². The first-order valence-corrected chi connectivity index (χ1v) is 8.50. The zero-order valence-electron chi connectivity index (χ0n) is 13.4. The highest BCUT2D eigenvalue weighted by Crippen LogP contribution is 2.29. The van der Waals surface area contributed by atoms with Crippen molar-refractivity contribution in [3.8, 4) is 11.3 Å². The highest BCUT2D eigenvalue weighted by Gasteiger charge is 2.23. The summed E-state index contributed by atoms with van der Waals surface area (Å²) in [6.45, 7) is 1.97. The number of non-ortho nitro benzene ring substituents is 1. The summed E-state index contributed by atoms with van der Waals surface area (Å²) >= 11 is 1.43. The van der Waals surface area contributed by atoms with Gasteiger partial charge >= 0.3 is 5.97 Å². The molecule has 0 aliphatic carbocycles. The predicted molar refractivity (Wildman–Crippen MR) is 93.5 cm³/mol. The molecule has 0 aliphatic heterocycles. The number of aromatic nitrogens is 2. The van der Waals surface area contributed by atoms with Crippen molar-refractivity contribution in [2.45, 2.75) is 19.4 Å². The van der Waals surface area contributed by atoms with Crippen LogP contribution in [0.2, 0.25) is 0 Å². The molecule has 0 spiro atoms. The quantitative estimate of drug-likeness (QED) is 0.410. The maximum atomic E-state index is 11.9. The minimum atomic E-state index is -0.836. The second-order valence-corrected chi connectivity index (χ2v) is 6.21. The molecule has 25 heavy (non-hydrogen) atoms. The molecule has 2 aromatic heterocycles. The molecule has 0 bridgehead atoms. The van der Waals surface area contributed by atoms with E-state index < -0.39 is 16.9 Å². The highest BCUT2D eigenvalue weighted by molar-refractivity contribution is 7.15. The van der Waals surface area contributed by atoms with Gasteiger partial charge in [0.25, 0.3) is 5.69 Å². The zero-order chi connectivity index (χ0) is 18.0. The number of carbonyl (C=O) groups excluding carboxylic acids is 1. The van der Waals surface area contributed by atoms with Crippen LogP contribution in [0.5, 0.6) is 0 Å². The Morgan fingerprint density at radius 1 is 1.52 bits per heavy atom. The van der Waals surface area contributed by atoms with E-state index in [4.69, 9.17) is 10.5 Å². The number of nitro groups is 1. The van der Waals surface area contributed by atoms with Gasteiger partial charge in [0.15, 0.2) is 4.96 Å². The van der Waals surface area contributed by atoms with E-state index in [9.17, 15) is 14.9 Å². The lowest BCUT2D eigenvalue weighted by Crippen LogP contribution is -2.34. The molecule has 1 aromatic carbocycles. The van der Waals surface area contributed by atoms with Gasteiger partial charge in [-0.1, -0.05) is 12.1 Å². The Morgan fingerprint density at radius 3 is 3.04 bits per heavy atom. The lowest BCUT2D eigenvalue weighted by Gasteiger charge is -2.11. The summed E-state index contributed by atoms with van der Waals surface area (Å²) in [5, 5.41) is 12.9. The third-order valence-corrected chi connectivity index (χ3v) is 4.45. The van der Waals surface area contributed by atoms with E-state index in [2.05, 4.69) is 4.98 Å². The summed E-state index contributed by atoms with van der Waals surface area (Å²) in [7, 11) is 0. The maximum Gasteiger partial charge on any atom is 0.323 e. The van der Waals surface area contributed by atoms with E-state index in [0.29, 0.717) is 11.3 Å². The van der Waals surface area contributed by atoms with Gasteiger partial charge in [0.05, 0.1) is 22.9 Å². The van der Waals surface area contributed by atoms with Crippen molar-refractivity contribution in [1.29, 1.82) is 0 Å². The van der Waals surface area contributed by atoms with Crippen molar-refractivity contribution >= 4 is 28.0 Å². The standard InChI is InChI=1S/C16H16N4O4S/c1-2-24-15(21)12(17)9-13-14(18-16-19(13)6-7-25-16)10-4-3-5-11(8-10)20(22)23/h3-8,12H,2,9,17H2,1H3. The number of benzene rings is 1. The monoisotopic (exact) mass is 360 g/mol. The number of nitrogens with zero attached hydrogens (tertiary/aromatic N) is 3. The maximum absolute atomic E-state index is 11.9. The van der Waals surface area contributed by atoms with Crippen LogP contribution in [0.3, 0.4) is 0 Å². The molecular weight excluding hydrogens is 344 g/mol. The molecule has 0 fully saturated rings. The van der Waals surface area contributed by atoms with Crippen LogP contribution < -0.4 is 5.73 Å². The number of nitrogens with two attached hydrogens (primary N) is 1. The molecule has 3 aromatic rings.